The van der Waals surface area contributed by atoms with E-state index in [9.17, 15) is 16.8 Å². The highest BCUT2D eigenvalue weighted by molar-refractivity contribution is 7.94. The van der Waals surface area contributed by atoms with Crippen LogP contribution in [0.3, 0.4) is 0 Å². The zero-order valence-electron chi connectivity index (χ0n) is 19.2. The summed E-state index contributed by atoms with van der Waals surface area (Å²) in [6.45, 7) is 9.38. The summed E-state index contributed by atoms with van der Waals surface area (Å²) in [5.41, 5.74) is 3.13. The Bertz CT molecular complexity index is 1070. The Kier molecular flexibility index (Phi) is 8.86. The van der Waals surface area contributed by atoms with Crippen LogP contribution >= 0.6 is 0 Å². The van der Waals surface area contributed by atoms with Gasteiger partial charge in [0.1, 0.15) is 5.37 Å². The summed E-state index contributed by atoms with van der Waals surface area (Å²) in [4.78, 5) is 0.296. The number of sulfone groups is 1. The molecule has 1 unspecified atom stereocenters. The summed E-state index contributed by atoms with van der Waals surface area (Å²) in [5, 5.41) is -1.21. The van der Waals surface area contributed by atoms with E-state index in [1.165, 1.54) is 0 Å². The van der Waals surface area contributed by atoms with Crippen LogP contribution in [0.2, 0.25) is 0 Å². The quantitative estimate of drug-likeness (QED) is 0.453. The van der Waals surface area contributed by atoms with Gasteiger partial charge in [0.2, 0.25) is 10.0 Å². The van der Waals surface area contributed by atoms with Crippen LogP contribution in [0.5, 0.6) is 0 Å². The van der Waals surface area contributed by atoms with Crippen molar-refractivity contribution in [1.82, 2.24) is 4.72 Å². The summed E-state index contributed by atoms with van der Waals surface area (Å²) in [6, 6.07) is 10.2. The van der Waals surface area contributed by atoms with Crippen LogP contribution in [-0.4, -0.2) is 22.2 Å². The van der Waals surface area contributed by atoms with E-state index in [4.69, 9.17) is 0 Å². The highest BCUT2D eigenvalue weighted by Gasteiger charge is 2.33. The average Bonchev–Trinajstić information content (AvgIpc) is 2.66. The molecule has 0 saturated carbocycles. The molecule has 0 heterocycles. The Morgan fingerprint density at radius 1 is 0.774 bits per heavy atom. The maximum atomic E-state index is 13.4. The molecule has 0 bridgehead atoms. The van der Waals surface area contributed by atoms with E-state index in [1.807, 2.05) is 13.8 Å². The summed E-state index contributed by atoms with van der Waals surface area (Å²) in [6.07, 6.45) is 4.94. The van der Waals surface area contributed by atoms with Crippen LogP contribution in [0.1, 0.15) is 67.7 Å². The number of hydrogen-bond donors (Lipinski definition) is 1. The van der Waals surface area contributed by atoms with Gasteiger partial charge in [0, 0.05) is 0 Å². The predicted octanol–water partition coefficient (Wildman–Crippen LogP) is 5.36. The number of rotatable bonds is 11. The molecule has 0 amide bonds. The van der Waals surface area contributed by atoms with Gasteiger partial charge in [-0.05, 0) is 57.4 Å². The first-order valence-electron chi connectivity index (χ1n) is 10.9. The number of benzene rings is 2. The van der Waals surface area contributed by atoms with Crippen molar-refractivity contribution in [3.8, 4) is 0 Å². The number of sulfonamides is 1. The van der Waals surface area contributed by atoms with Crippen molar-refractivity contribution in [2.45, 2.75) is 88.3 Å². The van der Waals surface area contributed by atoms with Crippen LogP contribution in [0.25, 0.3) is 0 Å². The molecule has 0 spiro atoms. The summed E-state index contributed by atoms with van der Waals surface area (Å²) in [5.74, 6) is 0. The first-order valence-corrected chi connectivity index (χ1v) is 13.9. The molecule has 1 atom stereocenters. The zero-order chi connectivity index (χ0) is 23.2. The highest BCUT2D eigenvalue weighted by Crippen LogP contribution is 2.25. The van der Waals surface area contributed by atoms with Crippen LogP contribution in [0.4, 0.5) is 0 Å². The van der Waals surface area contributed by atoms with Crippen molar-refractivity contribution in [3.05, 3.63) is 58.7 Å². The molecule has 31 heavy (non-hydrogen) atoms. The molecule has 0 radical (unpaired) electrons. The Balaban J connectivity index is 2.39. The molecule has 0 aliphatic carbocycles. The van der Waals surface area contributed by atoms with Crippen molar-refractivity contribution in [1.29, 1.82) is 0 Å². The normalized spacial score (nSPS) is 13.3. The fourth-order valence-electron chi connectivity index (χ4n) is 3.93. The summed E-state index contributed by atoms with van der Waals surface area (Å²) >= 11 is 0. The smallest absolute Gasteiger partial charge is 0.222 e. The molecule has 2 aromatic rings. The molecule has 0 fully saturated rings. The van der Waals surface area contributed by atoms with E-state index in [0.717, 1.165) is 36.8 Å². The third kappa shape index (κ3) is 6.64. The Labute approximate surface area is 188 Å². The lowest BCUT2D eigenvalue weighted by molar-refractivity contribution is 0.525. The van der Waals surface area contributed by atoms with Crippen LogP contribution in [0.15, 0.2) is 46.2 Å². The summed E-state index contributed by atoms with van der Waals surface area (Å²) in [7, 11) is -7.89. The molecule has 0 saturated heterocycles. The van der Waals surface area contributed by atoms with Gasteiger partial charge in [-0.3, -0.25) is 0 Å². The fourth-order valence-corrected chi connectivity index (χ4v) is 7.68. The van der Waals surface area contributed by atoms with Crippen molar-refractivity contribution in [2.24, 2.45) is 0 Å². The number of aryl methyl sites for hydroxylation is 4. The monoisotopic (exact) mass is 465 g/mol. The lowest BCUT2D eigenvalue weighted by atomic mass is 10.1. The topological polar surface area (TPSA) is 80.3 Å². The van der Waals surface area contributed by atoms with Gasteiger partial charge < -0.3 is 0 Å². The van der Waals surface area contributed by atoms with Crippen molar-refractivity contribution < 1.29 is 16.8 Å². The van der Waals surface area contributed by atoms with E-state index in [0.29, 0.717) is 17.5 Å². The summed E-state index contributed by atoms with van der Waals surface area (Å²) < 4.78 is 55.9. The van der Waals surface area contributed by atoms with Crippen molar-refractivity contribution in [2.75, 3.05) is 0 Å². The second-order valence-corrected chi connectivity index (χ2v) is 12.2. The highest BCUT2D eigenvalue weighted by atomic mass is 32.2. The molecular formula is C24H35NO4S2. The zero-order valence-corrected chi connectivity index (χ0v) is 20.9. The number of nitrogens with one attached hydrogen (secondary N) is 1. The first kappa shape index (κ1) is 25.6. The van der Waals surface area contributed by atoms with E-state index in [2.05, 4.69) is 11.6 Å². The lowest BCUT2D eigenvalue weighted by Gasteiger charge is -2.21. The number of hydrogen-bond acceptors (Lipinski definition) is 4. The van der Waals surface area contributed by atoms with E-state index < -0.39 is 25.2 Å². The van der Waals surface area contributed by atoms with Gasteiger partial charge in [-0.1, -0.05) is 74.4 Å². The van der Waals surface area contributed by atoms with Gasteiger partial charge in [-0.2, -0.15) is 4.72 Å². The van der Waals surface area contributed by atoms with Crippen LogP contribution in [0, 0.1) is 27.7 Å². The minimum atomic E-state index is -4.01. The molecule has 0 aliphatic rings. The minimum absolute atomic E-state index is 0.136. The molecule has 7 heteroatoms. The maximum Gasteiger partial charge on any atom is 0.242 e. The second-order valence-electron chi connectivity index (χ2n) is 8.40. The van der Waals surface area contributed by atoms with Crippen molar-refractivity contribution in [3.63, 3.8) is 0 Å². The number of unbranched alkanes of at least 4 members (excludes halogenated alkanes) is 4. The van der Waals surface area contributed by atoms with Gasteiger partial charge in [-0.25, -0.2) is 16.8 Å². The first-order chi connectivity index (χ1) is 14.5. The Morgan fingerprint density at radius 2 is 1.32 bits per heavy atom. The second kappa shape index (κ2) is 10.7. The molecule has 0 aliphatic heterocycles. The van der Waals surface area contributed by atoms with Crippen LogP contribution < -0.4 is 4.72 Å². The van der Waals surface area contributed by atoms with Gasteiger partial charge in [-0.15, -0.1) is 0 Å². The molecule has 172 valence electrons. The average molecular weight is 466 g/mol. The maximum absolute atomic E-state index is 13.4. The molecule has 2 rings (SSSR count). The molecule has 5 nitrogen and oxygen atoms in total. The largest absolute Gasteiger partial charge is 0.242 e. The molecule has 1 N–H and O–H groups in total. The lowest BCUT2D eigenvalue weighted by Crippen LogP contribution is -2.41. The fraction of sp³-hybridized carbons (Fsp3) is 0.500. The molecule has 2 aromatic carbocycles. The third-order valence-corrected chi connectivity index (χ3v) is 9.41. The standard InChI is InChI=1S/C24H35NO4S2/c1-6-7-8-9-10-11-23(30(26,27)22-14-12-18(2)13-15-22)25-31(28,29)24-20(4)16-19(3)17-21(24)5/h12-17,23,25H,6-11H2,1-5H3. The third-order valence-electron chi connectivity index (χ3n) is 5.45. The van der Waals surface area contributed by atoms with Gasteiger partial charge in [0.15, 0.2) is 9.84 Å². The molecule has 0 aromatic heterocycles. The van der Waals surface area contributed by atoms with Crippen LogP contribution in [-0.2, 0) is 19.9 Å². The Morgan fingerprint density at radius 3 is 1.87 bits per heavy atom. The van der Waals surface area contributed by atoms with Gasteiger partial charge in [0.05, 0.1) is 9.79 Å². The van der Waals surface area contributed by atoms with Gasteiger partial charge >= 0.3 is 0 Å². The van der Waals surface area contributed by atoms with E-state index in [1.54, 1.807) is 50.2 Å². The SMILES string of the molecule is CCCCCCCC(NS(=O)(=O)c1c(C)cc(C)cc1C)S(=O)(=O)c1ccc(C)cc1. The Hall–Kier alpha value is -1.70. The van der Waals surface area contributed by atoms with E-state index >= 15 is 0 Å². The predicted molar refractivity (Wildman–Crippen MR) is 127 cm³/mol. The van der Waals surface area contributed by atoms with Gasteiger partial charge in [0.25, 0.3) is 0 Å². The van der Waals surface area contributed by atoms with Crippen molar-refractivity contribution >= 4 is 19.9 Å². The minimum Gasteiger partial charge on any atom is -0.222 e. The molecular weight excluding hydrogens is 430 g/mol. The van der Waals surface area contributed by atoms with E-state index in [-0.39, 0.29) is 16.2 Å².